The first kappa shape index (κ1) is 16.6. The van der Waals surface area contributed by atoms with Crippen molar-refractivity contribution >= 4 is 23.1 Å². The number of nitrogens with one attached hydrogen (secondary N) is 1. The number of benzene rings is 2. The average molecular weight is 342 g/mol. The van der Waals surface area contributed by atoms with Crippen LogP contribution in [0.4, 0.5) is 0 Å². The fourth-order valence-corrected chi connectivity index (χ4v) is 3.01. The summed E-state index contributed by atoms with van der Waals surface area (Å²) in [6.07, 6.45) is 0. The normalized spacial score (nSPS) is 16.9. The van der Waals surface area contributed by atoms with Gasteiger partial charge in [0.1, 0.15) is 5.76 Å². The van der Waals surface area contributed by atoms with E-state index < -0.39 is 5.41 Å². The molecular weight excluding hydrogens is 322 g/mol. The minimum absolute atomic E-state index is 0.141. The molecule has 0 bridgehead atoms. The maximum absolute atomic E-state index is 12.4. The van der Waals surface area contributed by atoms with E-state index in [2.05, 4.69) is 5.32 Å². The summed E-state index contributed by atoms with van der Waals surface area (Å²) in [6, 6.07) is 13.5. The first-order valence-corrected chi connectivity index (χ1v) is 8.26. The summed E-state index contributed by atoms with van der Waals surface area (Å²) in [5.74, 6) is -0.0919. The molecule has 0 aliphatic carbocycles. The topological polar surface area (TPSA) is 49.3 Å². The van der Waals surface area contributed by atoms with Crippen molar-refractivity contribution in [3.8, 4) is 11.1 Å². The number of carbonyl (C=O) groups is 1. The molecule has 0 saturated heterocycles. The summed E-state index contributed by atoms with van der Waals surface area (Å²) in [6.45, 7) is 6.20. The lowest BCUT2D eigenvalue weighted by Gasteiger charge is -2.31. The highest BCUT2D eigenvalue weighted by molar-refractivity contribution is 6.30. The fourth-order valence-electron chi connectivity index (χ4n) is 2.88. The lowest BCUT2D eigenvalue weighted by atomic mass is 9.81. The molecule has 3 rings (SSSR count). The van der Waals surface area contributed by atoms with Gasteiger partial charge >= 0.3 is 0 Å². The van der Waals surface area contributed by atoms with Crippen LogP contribution < -0.4 is 5.32 Å². The zero-order valence-corrected chi connectivity index (χ0v) is 14.7. The van der Waals surface area contributed by atoms with Crippen LogP contribution in [0.2, 0.25) is 5.02 Å². The largest absolute Gasteiger partial charge is 0.511 e. The van der Waals surface area contributed by atoms with E-state index in [0.717, 1.165) is 22.3 Å². The minimum atomic E-state index is -0.480. The first-order valence-electron chi connectivity index (χ1n) is 7.88. The minimum Gasteiger partial charge on any atom is -0.511 e. The van der Waals surface area contributed by atoms with Gasteiger partial charge in [0.25, 0.3) is 5.91 Å². The quantitative estimate of drug-likeness (QED) is 0.828. The molecule has 1 aliphatic rings. The molecule has 4 heteroatoms. The van der Waals surface area contributed by atoms with Crippen molar-refractivity contribution in [2.75, 3.05) is 6.54 Å². The van der Waals surface area contributed by atoms with E-state index in [4.69, 9.17) is 11.6 Å². The Bertz CT molecular complexity index is 835. The van der Waals surface area contributed by atoms with Crippen molar-refractivity contribution in [2.45, 2.75) is 20.8 Å². The molecule has 2 aromatic carbocycles. The number of amides is 1. The summed E-state index contributed by atoms with van der Waals surface area (Å²) in [4.78, 5) is 12.4. The van der Waals surface area contributed by atoms with Crippen molar-refractivity contribution in [1.82, 2.24) is 5.32 Å². The van der Waals surface area contributed by atoms with Crippen LogP contribution in [0.3, 0.4) is 0 Å². The Morgan fingerprint density at radius 2 is 1.71 bits per heavy atom. The van der Waals surface area contributed by atoms with Crippen LogP contribution in [0, 0.1) is 12.3 Å². The van der Waals surface area contributed by atoms with Gasteiger partial charge in [-0.05, 0) is 47.4 Å². The molecule has 0 radical (unpaired) electrons. The maximum atomic E-state index is 12.4. The molecule has 124 valence electrons. The molecule has 24 heavy (non-hydrogen) atoms. The summed E-state index contributed by atoms with van der Waals surface area (Å²) < 4.78 is 0. The molecule has 0 saturated carbocycles. The molecule has 3 nitrogen and oxygen atoms in total. The van der Waals surface area contributed by atoms with E-state index in [1.807, 2.05) is 63.2 Å². The van der Waals surface area contributed by atoms with Gasteiger partial charge in [-0.1, -0.05) is 49.7 Å². The second-order valence-electron chi connectivity index (χ2n) is 6.83. The zero-order chi connectivity index (χ0) is 17.5. The van der Waals surface area contributed by atoms with Crippen molar-refractivity contribution in [3.63, 3.8) is 0 Å². The van der Waals surface area contributed by atoms with E-state index in [-0.39, 0.29) is 11.7 Å². The predicted octanol–water partition coefficient (Wildman–Crippen LogP) is 4.74. The number of hydrogen-bond donors (Lipinski definition) is 2. The SMILES string of the molecule is Cc1ccc(-c2ccc(Cl)cc2)cc1C1=C(O)C(C)(C)CNC1=O. The molecular formula is C20H20ClNO2. The van der Waals surface area contributed by atoms with Crippen molar-refractivity contribution in [3.05, 3.63) is 64.4 Å². The number of hydrogen-bond acceptors (Lipinski definition) is 2. The van der Waals surface area contributed by atoms with Gasteiger partial charge in [-0.25, -0.2) is 0 Å². The van der Waals surface area contributed by atoms with E-state index in [0.29, 0.717) is 17.1 Å². The summed E-state index contributed by atoms with van der Waals surface area (Å²) in [5, 5.41) is 14.2. The van der Waals surface area contributed by atoms with Gasteiger partial charge in [-0.15, -0.1) is 0 Å². The Balaban J connectivity index is 2.16. The molecule has 0 aromatic heterocycles. The van der Waals surface area contributed by atoms with Crippen LogP contribution in [0.5, 0.6) is 0 Å². The lowest BCUT2D eigenvalue weighted by Crippen LogP contribution is -2.41. The van der Waals surface area contributed by atoms with Gasteiger partial charge in [0.2, 0.25) is 0 Å². The molecule has 0 unspecified atom stereocenters. The van der Waals surface area contributed by atoms with Gasteiger partial charge in [-0.2, -0.15) is 0 Å². The van der Waals surface area contributed by atoms with Gasteiger partial charge < -0.3 is 10.4 Å². The van der Waals surface area contributed by atoms with Gasteiger partial charge in [0.15, 0.2) is 0 Å². The molecule has 2 aromatic rings. The van der Waals surface area contributed by atoms with Crippen LogP contribution >= 0.6 is 11.6 Å². The smallest absolute Gasteiger partial charge is 0.255 e. The van der Waals surface area contributed by atoms with E-state index >= 15 is 0 Å². The van der Waals surface area contributed by atoms with Crippen molar-refractivity contribution in [2.24, 2.45) is 5.41 Å². The van der Waals surface area contributed by atoms with E-state index in [1.54, 1.807) is 0 Å². The summed E-state index contributed by atoms with van der Waals surface area (Å²) in [7, 11) is 0. The van der Waals surface area contributed by atoms with Crippen LogP contribution in [-0.4, -0.2) is 17.6 Å². The lowest BCUT2D eigenvalue weighted by molar-refractivity contribution is -0.116. The molecule has 1 heterocycles. The van der Waals surface area contributed by atoms with Crippen LogP contribution in [-0.2, 0) is 4.79 Å². The third-order valence-electron chi connectivity index (χ3n) is 4.48. The Kier molecular flexibility index (Phi) is 4.14. The monoisotopic (exact) mass is 341 g/mol. The van der Waals surface area contributed by atoms with E-state index in [1.165, 1.54) is 0 Å². The second-order valence-corrected chi connectivity index (χ2v) is 7.26. The van der Waals surface area contributed by atoms with Crippen molar-refractivity contribution in [1.29, 1.82) is 0 Å². The second kappa shape index (κ2) is 5.99. The molecule has 1 amide bonds. The molecule has 0 fully saturated rings. The standard InChI is InChI=1S/C20H20ClNO2/c1-12-4-5-14(13-6-8-15(21)9-7-13)10-16(12)17-18(23)20(2,3)11-22-19(17)24/h4-10,23H,11H2,1-3H3,(H,22,24). The number of aliphatic hydroxyl groups excluding tert-OH is 1. The highest BCUT2D eigenvalue weighted by Crippen LogP contribution is 2.36. The predicted molar refractivity (Wildman–Crippen MR) is 98.0 cm³/mol. The third kappa shape index (κ3) is 2.92. The molecule has 0 atom stereocenters. The highest BCUT2D eigenvalue weighted by atomic mass is 35.5. The summed E-state index contributed by atoms with van der Waals surface area (Å²) >= 11 is 5.95. The van der Waals surface area contributed by atoms with Gasteiger partial charge in [-0.3, -0.25) is 4.79 Å². The molecule has 2 N–H and O–H groups in total. The number of aliphatic hydroxyl groups is 1. The number of rotatable bonds is 2. The van der Waals surface area contributed by atoms with Crippen LogP contribution in [0.15, 0.2) is 48.2 Å². The van der Waals surface area contributed by atoms with Gasteiger partial charge in [0.05, 0.1) is 5.57 Å². The Morgan fingerprint density at radius 3 is 2.38 bits per heavy atom. The van der Waals surface area contributed by atoms with Gasteiger partial charge in [0, 0.05) is 17.0 Å². The highest BCUT2D eigenvalue weighted by Gasteiger charge is 2.35. The number of carbonyl (C=O) groups excluding carboxylic acids is 1. The summed E-state index contributed by atoms with van der Waals surface area (Å²) in [5.41, 5.74) is 3.57. The Hall–Kier alpha value is -2.26. The van der Waals surface area contributed by atoms with E-state index in [9.17, 15) is 9.90 Å². The Labute approximate surface area is 147 Å². The van der Waals surface area contributed by atoms with Crippen LogP contribution in [0.1, 0.15) is 25.0 Å². The third-order valence-corrected chi connectivity index (χ3v) is 4.73. The average Bonchev–Trinajstić information content (AvgIpc) is 2.54. The Morgan fingerprint density at radius 1 is 1.08 bits per heavy atom. The number of aryl methyl sites for hydroxylation is 1. The van der Waals surface area contributed by atoms with Crippen LogP contribution in [0.25, 0.3) is 16.7 Å². The molecule has 0 spiro atoms. The zero-order valence-electron chi connectivity index (χ0n) is 14.0. The van der Waals surface area contributed by atoms with Crippen molar-refractivity contribution < 1.29 is 9.90 Å². The number of halogens is 1. The molecule has 1 aliphatic heterocycles. The fraction of sp³-hybridized carbons (Fsp3) is 0.250. The first-order chi connectivity index (χ1) is 11.3. The maximum Gasteiger partial charge on any atom is 0.255 e.